The average molecular weight is 236 g/mol. The van der Waals surface area contributed by atoms with Gasteiger partial charge in [0.25, 0.3) is 0 Å². The van der Waals surface area contributed by atoms with Crippen LogP contribution in [0, 0.1) is 6.92 Å². The van der Waals surface area contributed by atoms with Crippen LogP contribution in [0.4, 0.5) is 0 Å². The molecule has 0 atom stereocenters. The Bertz CT molecular complexity index is 450. The topological polar surface area (TPSA) is 54.4 Å². The molecule has 1 fully saturated rings. The predicted molar refractivity (Wildman–Crippen MR) is 61.8 cm³/mol. The van der Waals surface area contributed by atoms with E-state index in [0.29, 0.717) is 19.1 Å². The highest BCUT2D eigenvalue weighted by atomic mass is 32.1. The third-order valence-electron chi connectivity index (χ3n) is 2.75. The number of ketones is 2. The van der Waals surface area contributed by atoms with Gasteiger partial charge in [-0.05, 0) is 23.9 Å². The Morgan fingerprint density at radius 2 is 2.00 bits per heavy atom. The molecule has 84 valence electrons. The number of thiophene rings is 1. The minimum Gasteiger partial charge on any atom is -0.515 e. The number of aryl methyl sites for hydroxylation is 1. The molecule has 3 nitrogen and oxygen atoms in total. The number of hydrogen-bond donors (Lipinski definition) is 1. The lowest BCUT2D eigenvalue weighted by Gasteiger charge is -2.19. The number of aliphatic hydroxyl groups is 1. The maximum atomic E-state index is 11.6. The van der Waals surface area contributed by atoms with E-state index in [1.807, 2.05) is 18.4 Å². The summed E-state index contributed by atoms with van der Waals surface area (Å²) >= 11 is 1.58. The summed E-state index contributed by atoms with van der Waals surface area (Å²) < 4.78 is 0. The highest BCUT2D eigenvalue weighted by molar-refractivity contribution is 7.10. The molecule has 1 aromatic rings. The van der Waals surface area contributed by atoms with Gasteiger partial charge >= 0.3 is 0 Å². The van der Waals surface area contributed by atoms with Crippen LogP contribution in [0.15, 0.2) is 23.3 Å². The Kier molecular flexibility index (Phi) is 2.92. The summed E-state index contributed by atoms with van der Waals surface area (Å²) in [6.45, 7) is 1.99. The molecular weight excluding hydrogens is 224 g/mol. The fourth-order valence-electron chi connectivity index (χ4n) is 1.91. The van der Waals surface area contributed by atoms with Crippen molar-refractivity contribution >= 4 is 22.9 Å². The first-order valence-electron chi connectivity index (χ1n) is 5.07. The van der Waals surface area contributed by atoms with E-state index in [-0.39, 0.29) is 23.1 Å². The van der Waals surface area contributed by atoms with Gasteiger partial charge in [0.05, 0.1) is 11.8 Å². The van der Waals surface area contributed by atoms with Crippen LogP contribution in [-0.4, -0.2) is 16.7 Å². The van der Waals surface area contributed by atoms with Gasteiger partial charge in [0.15, 0.2) is 11.6 Å². The quantitative estimate of drug-likeness (QED) is 0.463. The van der Waals surface area contributed by atoms with Gasteiger partial charge in [0.2, 0.25) is 0 Å². The highest BCUT2D eigenvalue weighted by Crippen LogP contribution is 2.34. The van der Waals surface area contributed by atoms with Crippen molar-refractivity contribution in [1.82, 2.24) is 0 Å². The minimum atomic E-state index is -0.255. The van der Waals surface area contributed by atoms with E-state index in [1.165, 1.54) is 0 Å². The van der Waals surface area contributed by atoms with Gasteiger partial charge in [0.1, 0.15) is 0 Å². The molecule has 1 aliphatic rings. The van der Waals surface area contributed by atoms with Crippen LogP contribution in [0.2, 0.25) is 0 Å². The molecule has 0 unspecified atom stereocenters. The molecule has 1 N–H and O–H groups in total. The SMILES string of the molecule is Cc1csc(C2CC(=O)C(=CO)C(=O)C2)c1. The zero-order valence-electron chi connectivity index (χ0n) is 8.90. The third-order valence-corrected chi connectivity index (χ3v) is 3.96. The van der Waals surface area contributed by atoms with Crippen molar-refractivity contribution in [2.24, 2.45) is 0 Å². The van der Waals surface area contributed by atoms with E-state index in [0.717, 1.165) is 10.4 Å². The fraction of sp³-hybridized carbons (Fsp3) is 0.333. The van der Waals surface area contributed by atoms with Crippen molar-refractivity contribution in [3.8, 4) is 0 Å². The monoisotopic (exact) mass is 236 g/mol. The number of carbonyl (C=O) groups excluding carboxylic acids is 2. The third kappa shape index (κ3) is 1.93. The minimum absolute atomic E-state index is 0.0117. The molecule has 0 spiro atoms. The van der Waals surface area contributed by atoms with Crippen LogP contribution in [-0.2, 0) is 9.59 Å². The maximum Gasteiger partial charge on any atom is 0.170 e. The largest absolute Gasteiger partial charge is 0.515 e. The number of Topliss-reactive ketones (excluding diaryl/α,β-unsaturated/α-hetero) is 2. The summed E-state index contributed by atoms with van der Waals surface area (Å²) in [4.78, 5) is 24.2. The van der Waals surface area contributed by atoms with Crippen LogP contribution in [0.5, 0.6) is 0 Å². The Hall–Kier alpha value is -1.42. The molecule has 1 heterocycles. The van der Waals surface area contributed by atoms with Crippen molar-refractivity contribution in [2.75, 3.05) is 0 Å². The highest BCUT2D eigenvalue weighted by Gasteiger charge is 2.32. The Labute approximate surface area is 97.4 Å². The van der Waals surface area contributed by atoms with Gasteiger partial charge in [-0.1, -0.05) is 0 Å². The molecule has 0 saturated heterocycles. The van der Waals surface area contributed by atoms with Crippen molar-refractivity contribution in [1.29, 1.82) is 0 Å². The van der Waals surface area contributed by atoms with Gasteiger partial charge < -0.3 is 5.11 Å². The molecule has 0 aliphatic heterocycles. The van der Waals surface area contributed by atoms with Gasteiger partial charge in [-0.3, -0.25) is 9.59 Å². The van der Waals surface area contributed by atoms with Crippen molar-refractivity contribution in [3.63, 3.8) is 0 Å². The van der Waals surface area contributed by atoms with E-state index in [9.17, 15) is 9.59 Å². The lowest BCUT2D eigenvalue weighted by atomic mass is 9.83. The van der Waals surface area contributed by atoms with E-state index in [4.69, 9.17) is 5.11 Å². The normalized spacial score (nSPS) is 21.3. The summed E-state index contributed by atoms with van der Waals surface area (Å²) in [5, 5.41) is 10.8. The first-order valence-corrected chi connectivity index (χ1v) is 5.95. The first-order chi connectivity index (χ1) is 7.61. The van der Waals surface area contributed by atoms with E-state index in [1.54, 1.807) is 11.3 Å². The molecule has 1 saturated carbocycles. The van der Waals surface area contributed by atoms with Crippen LogP contribution in [0.25, 0.3) is 0 Å². The molecule has 16 heavy (non-hydrogen) atoms. The predicted octanol–water partition coefficient (Wildman–Crippen LogP) is 2.51. The molecule has 0 aromatic carbocycles. The standard InChI is InChI=1S/C12H12O3S/c1-7-2-12(16-6-7)8-3-10(14)9(5-13)11(15)4-8/h2,5-6,8,13H,3-4H2,1H3. The van der Waals surface area contributed by atoms with Gasteiger partial charge in [0, 0.05) is 23.6 Å². The lowest BCUT2D eigenvalue weighted by molar-refractivity contribution is -0.124. The molecule has 2 rings (SSSR count). The smallest absolute Gasteiger partial charge is 0.170 e. The molecule has 0 amide bonds. The van der Waals surface area contributed by atoms with E-state index in [2.05, 4.69) is 0 Å². The van der Waals surface area contributed by atoms with Gasteiger partial charge in [-0.25, -0.2) is 0 Å². The number of hydrogen-bond acceptors (Lipinski definition) is 4. The lowest BCUT2D eigenvalue weighted by Crippen LogP contribution is -2.24. The summed E-state index contributed by atoms with van der Waals surface area (Å²) in [6.07, 6.45) is 1.27. The van der Waals surface area contributed by atoms with E-state index < -0.39 is 0 Å². The molecule has 1 aromatic heterocycles. The van der Waals surface area contributed by atoms with Crippen LogP contribution < -0.4 is 0 Å². The Morgan fingerprint density at radius 3 is 2.44 bits per heavy atom. The second-order valence-electron chi connectivity index (χ2n) is 4.02. The first kappa shape index (κ1) is 11.1. The average Bonchev–Trinajstić information content (AvgIpc) is 2.64. The number of carbonyl (C=O) groups is 2. The second kappa shape index (κ2) is 4.22. The van der Waals surface area contributed by atoms with Gasteiger partial charge in [-0.15, -0.1) is 11.3 Å². The number of rotatable bonds is 1. The van der Waals surface area contributed by atoms with Crippen LogP contribution >= 0.6 is 11.3 Å². The molecule has 0 bridgehead atoms. The Balaban J connectivity index is 2.23. The molecule has 0 radical (unpaired) electrons. The summed E-state index contributed by atoms with van der Waals surface area (Å²) in [6, 6.07) is 2.02. The molecular formula is C12H12O3S. The van der Waals surface area contributed by atoms with Crippen molar-refractivity contribution < 1.29 is 14.7 Å². The zero-order chi connectivity index (χ0) is 11.7. The number of aliphatic hydroxyl groups excluding tert-OH is 1. The van der Waals surface area contributed by atoms with Crippen LogP contribution in [0.1, 0.15) is 29.2 Å². The maximum absolute atomic E-state index is 11.6. The summed E-state index contributed by atoms with van der Waals surface area (Å²) in [5.74, 6) is -0.521. The van der Waals surface area contributed by atoms with Crippen molar-refractivity contribution in [3.05, 3.63) is 33.7 Å². The summed E-state index contributed by atoms with van der Waals surface area (Å²) in [5.41, 5.74) is 1.10. The summed E-state index contributed by atoms with van der Waals surface area (Å²) in [7, 11) is 0. The number of allylic oxidation sites excluding steroid dienone is 1. The second-order valence-corrected chi connectivity index (χ2v) is 4.96. The fourth-order valence-corrected chi connectivity index (χ4v) is 2.91. The zero-order valence-corrected chi connectivity index (χ0v) is 9.71. The Morgan fingerprint density at radius 1 is 1.38 bits per heavy atom. The molecule has 4 heteroatoms. The molecule has 1 aliphatic carbocycles. The van der Waals surface area contributed by atoms with Gasteiger partial charge in [-0.2, -0.15) is 0 Å². The van der Waals surface area contributed by atoms with E-state index >= 15 is 0 Å². The van der Waals surface area contributed by atoms with Crippen LogP contribution in [0.3, 0.4) is 0 Å². The van der Waals surface area contributed by atoms with Crippen molar-refractivity contribution in [2.45, 2.75) is 25.7 Å².